The van der Waals surface area contributed by atoms with Crippen LogP contribution in [0.15, 0.2) is 24.3 Å². The molecule has 0 radical (unpaired) electrons. The van der Waals surface area contributed by atoms with E-state index in [4.69, 9.17) is 9.72 Å². The van der Waals surface area contributed by atoms with Crippen molar-refractivity contribution in [2.24, 2.45) is 11.3 Å². The van der Waals surface area contributed by atoms with E-state index in [1.54, 1.807) is 6.92 Å². The number of carbonyl (C=O) groups excluding carboxylic acids is 3. The predicted molar refractivity (Wildman–Crippen MR) is 123 cm³/mol. The highest BCUT2D eigenvalue weighted by atomic mass is 16.5. The highest BCUT2D eigenvalue weighted by Crippen LogP contribution is 2.41. The number of ether oxygens (including phenoxy) is 1. The molecule has 1 aliphatic rings. The van der Waals surface area contributed by atoms with Crippen LogP contribution in [0.2, 0.25) is 0 Å². The fourth-order valence-corrected chi connectivity index (χ4v) is 4.27. The van der Waals surface area contributed by atoms with Crippen molar-refractivity contribution in [1.82, 2.24) is 15.6 Å². The number of urea groups is 1. The van der Waals surface area contributed by atoms with Gasteiger partial charge in [0.05, 0.1) is 11.1 Å². The van der Waals surface area contributed by atoms with Crippen LogP contribution in [-0.4, -0.2) is 35.5 Å². The number of hydrogen-bond acceptors (Lipinski definition) is 5. The molecular formula is C25H33N3O4. The first-order chi connectivity index (χ1) is 15.2. The van der Waals surface area contributed by atoms with Crippen molar-refractivity contribution in [1.29, 1.82) is 0 Å². The largest absolute Gasteiger partial charge is 0.449 e. The van der Waals surface area contributed by atoms with Crippen LogP contribution in [0, 0.1) is 11.3 Å². The molecule has 2 atom stereocenters. The lowest BCUT2D eigenvalue weighted by Gasteiger charge is -2.37. The Bertz CT molecular complexity index is 1030. The summed E-state index contributed by atoms with van der Waals surface area (Å²) in [5.41, 5.74) is 3.22. The molecule has 7 nitrogen and oxygen atoms in total. The van der Waals surface area contributed by atoms with Crippen LogP contribution < -0.4 is 10.6 Å². The molecule has 0 saturated carbocycles. The number of carbonyl (C=O) groups is 3. The first kappa shape index (κ1) is 23.7. The molecule has 0 bridgehead atoms. The van der Waals surface area contributed by atoms with Crippen LogP contribution in [0.25, 0.3) is 10.9 Å². The molecule has 172 valence electrons. The Balaban J connectivity index is 1.94. The Morgan fingerprint density at radius 3 is 2.62 bits per heavy atom. The molecule has 0 saturated heterocycles. The van der Waals surface area contributed by atoms with Crippen molar-refractivity contribution in [3.05, 3.63) is 41.1 Å². The van der Waals surface area contributed by atoms with E-state index in [9.17, 15) is 14.4 Å². The SMILES string of the molecule is CCNC(=O)NC(=O)C(C)OC(=O)c1c2c(nc3ccccc13)CCC(C(C)(C)CC)C2. The molecule has 1 aromatic heterocycles. The Labute approximate surface area is 189 Å². The number of hydrogen-bond donors (Lipinski definition) is 2. The van der Waals surface area contributed by atoms with Gasteiger partial charge in [-0.1, -0.05) is 45.4 Å². The van der Waals surface area contributed by atoms with Gasteiger partial charge in [0.15, 0.2) is 6.10 Å². The number of aryl methyl sites for hydroxylation is 1. The van der Waals surface area contributed by atoms with Crippen LogP contribution in [0.1, 0.15) is 69.1 Å². The van der Waals surface area contributed by atoms with E-state index in [1.807, 2.05) is 24.3 Å². The Kier molecular flexibility index (Phi) is 7.16. The van der Waals surface area contributed by atoms with Crippen molar-refractivity contribution in [2.75, 3.05) is 6.54 Å². The maximum Gasteiger partial charge on any atom is 0.339 e. The molecule has 0 fully saturated rings. The number of aromatic nitrogens is 1. The topological polar surface area (TPSA) is 97.4 Å². The summed E-state index contributed by atoms with van der Waals surface area (Å²) in [7, 11) is 0. The molecule has 0 aliphatic heterocycles. The lowest BCUT2D eigenvalue weighted by Crippen LogP contribution is -2.44. The number of esters is 1. The number of nitrogens with zero attached hydrogens (tertiary/aromatic N) is 1. The number of para-hydroxylation sites is 1. The minimum atomic E-state index is -1.11. The molecule has 2 aromatic rings. The monoisotopic (exact) mass is 439 g/mol. The van der Waals surface area contributed by atoms with E-state index >= 15 is 0 Å². The van der Waals surface area contributed by atoms with Crippen molar-refractivity contribution in [3.8, 4) is 0 Å². The van der Waals surface area contributed by atoms with Crippen molar-refractivity contribution in [2.45, 2.75) is 66.4 Å². The van der Waals surface area contributed by atoms with Gasteiger partial charge in [0.1, 0.15) is 0 Å². The quantitative estimate of drug-likeness (QED) is 0.659. The summed E-state index contributed by atoms with van der Waals surface area (Å²) in [5, 5.41) is 5.40. The van der Waals surface area contributed by atoms with Gasteiger partial charge in [0.25, 0.3) is 5.91 Å². The fraction of sp³-hybridized carbons (Fsp3) is 0.520. The summed E-state index contributed by atoms with van der Waals surface area (Å²) < 4.78 is 5.54. The summed E-state index contributed by atoms with van der Waals surface area (Å²) >= 11 is 0. The molecule has 32 heavy (non-hydrogen) atoms. The highest BCUT2D eigenvalue weighted by Gasteiger charge is 2.35. The van der Waals surface area contributed by atoms with Gasteiger partial charge in [-0.15, -0.1) is 0 Å². The summed E-state index contributed by atoms with van der Waals surface area (Å²) in [4.78, 5) is 42.1. The van der Waals surface area contributed by atoms with Gasteiger partial charge in [0.2, 0.25) is 0 Å². The summed E-state index contributed by atoms with van der Waals surface area (Å²) in [5.74, 6) is -0.803. The Morgan fingerprint density at radius 1 is 1.22 bits per heavy atom. The summed E-state index contributed by atoms with van der Waals surface area (Å²) in [6.45, 7) is 10.3. The third-order valence-corrected chi connectivity index (χ3v) is 6.71. The molecule has 2 unspecified atom stereocenters. The minimum absolute atomic E-state index is 0.143. The lowest BCUT2D eigenvalue weighted by molar-refractivity contribution is -0.127. The maximum absolute atomic E-state index is 13.4. The van der Waals surface area contributed by atoms with Gasteiger partial charge in [-0.3, -0.25) is 15.1 Å². The summed E-state index contributed by atoms with van der Waals surface area (Å²) in [6.07, 6.45) is 2.52. The number of amides is 3. The van der Waals surface area contributed by atoms with E-state index < -0.39 is 24.0 Å². The molecule has 2 N–H and O–H groups in total. The normalized spacial score (nSPS) is 16.7. The van der Waals surface area contributed by atoms with Gasteiger partial charge < -0.3 is 10.1 Å². The molecule has 0 spiro atoms. The van der Waals surface area contributed by atoms with Crippen molar-refractivity contribution in [3.63, 3.8) is 0 Å². The smallest absolute Gasteiger partial charge is 0.339 e. The molecular weight excluding hydrogens is 406 g/mol. The summed E-state index contributed by atoms with van der Waals surface area (Å²) in [6, 6.07) is 6.91. The second-order valence-corrected chi connectivity index (χ2v) is 9.11. The average molecular weight is 440 g/mol. The van der Waals surface area contributed by atoms with Crippen LogP contribution in [-0.2, 0) is 22.4 Å². The number of nitrogens with one attached hydrogen (secondary N) is 2. The minimum Gasteiger partial charge on any atom is -0.449 e. The molecule has 1 aromatic carbocycles. The molecule has 1 heterocycles. The number of rotatable bonds is 6. The standard InChI is InChI=1S/C25H33N3O4/c1-6-25(4,5)16-12-13-20-18(14-16)21(17-10-8-9-11-19(17)27-20)23(30)32-15(3)22(29)28-24(31)26-7-2/h8-11,15-16H,6-7,12-14H2,1-5H3,(H2,26,28,29,31). The number of fused-ring (bicyclic) bond motifs is 2. The first-order valence-electron chi connectivity index (χ1n) is 11.4. The number of pyridine rings is 1. The van der Waals surface area contributed by atoms with Crippen LogP contribution >= 0.6 is 0 Å². The van der Waals surface area contributed by atoms with Crippen molar-refractivity contribution >= 4 is 28.8 Å². The van der Waals surface area contributed by atoms with Gasteiger partial charge in [-0.25, -0.2) is 9.59 Å². The van der Waals surface area contributed by atoms with E-state index in [2.05, 4.69) is 31.4 Å². The zero-order chi connectivity index (χ0) is 23.5. The highest BCUT2D eigenvalue weighted by molar-refractivity contribution is 6.06. The van der Waals surface area contributed by atoms with E-state index in [0.29, 0.717) is 18.0 Å². The zero-order valence-corrected chi connectivity index (χ0v) is 19.6. The fourth-order valence-electron chi connectivity index (χ4n) is 4.27. The van der Waals surface area contributed by atoms with Crippen LogP contribution in [0.3, 0.4) is 0 Å². The van der Waals surface area contributed by atoms with Crippen LogP contribution in [0.4, 0.5) is 4.79 Å². The molecule has 7 heteroatoms. The van der Waals surface area contributed by atoms with Crippen LogP contribution in [0.5, 0.6) is 0 Å². The molecule has 3 rings (SSSR count). The number of benzene rings is 1. The van der Waals surface area contributed by atoms with E-state index in [0.717, 1.165) is 47.8 Å². The van der Waals surface area contributed by atoms with Gasteiger partial charge in [0, 0.05) is 17.6 Å². The van der Waals surface area contributed by atoms with Gasteiger partial charge in [-0.05, 0) is 56.1 Å². The average Bonchev–Trinajstić information content (AvgIpc) is 2.76. The Hall–Kier alpha value is -2.96. The van der Waals surface area contributed by atoms with Gasteiger partial charge in [-0.2, -0.15) is 0 Å². The predicted octanol–water partition coefficient (Wildman–Crippen LogP) is 4.17. The lowest BCUT2D eigenvalue weighted by atomic mass is 9.68. The second-order valence-electron chi connectivity index (χ2n) is 9.11. The molecule has 1 aliphatic carbocycles. The van der Waals surface area contributed by atoms with E-state index in [-0.39, 0.29) is 5.41 Å². The first-order valence-corrected chi connectivity index (χ1v) is 11.4. The van der Waals surface area contributed by atoms with E-state index in [1.165, 1.54) is 6.92 Å². The third-order valence-electron chi connectivity index (χ3n) is 6.71. The molecule has 3 amide bonds. The zero-order valence-electron chi connectivity index (χ0n) is 19.6. The number of imide groups is 1. The maximum atomic E-state index is 13.4. The Morgan fingerprint density at radius 2 is 1.94 bits per heavy atom. The van der Waals surface area contributed by atoms with Crippen molar-refractivity contribution < 1.29 is 19.1 Å². The third kappa shape index (κ3) is 4.92. The second kappa shape index (κ2) is 9.67. The van der Waals surface area contributed by atoms with Gasteiger partial charge >= 0.3 is 12.0 Å².